The molecule has 26 heavy (non-hydrogen) atoms. The smallest absolute Gasteiger partial charge is 0.340 e. The van der Waals surface area contributed by atoms with Gasteiger partial charge in [-0.2, -0.15) is 0 Å². The molecule has 0 saturated carbocycles. The van der Waals surface area contributed by atoms with Crippen molar-refractivity contribution in [2.75, 3.05) is 16.8 Å². The maximum Gasteiger partial charge on any atom is 0.340 e. The molecule has 1 aliphatic heterocycles. The molecule has 2 heterocycles. The first-order valence-electron chi connectivity index (χ1n) is 7.95. The zero-order valence-corrected chi connectivity index (χ0v) is 14.7. The normalized spacial score (nSPS) is 16.3. The van der Waals surface area contributed by atoms with Crippen LogP contribution in [0.2, 0.25) is 5.15 Å². The number of para-hydroxylation sites is 2. The van der Waals surface area contributed by atoms with Gasteiger partial charge in [0.1, 0.15) is 5.15 Å². The molecule has 1 N–H and O–H groups in total. The number of carbonyl (C=O) groups is 3. The van der Waals surface area contributed by atoms with Crippen molar-refractivity contribution in [3.05, 3.63) is 53.3 Å². The van der Waals surface area contributed by atoms with Gasteiger partial charge in [-0.25, -0.2) is 9.78 Å². The second-order valence-corrected chi connectivity index (χ2v) is 6.22. The summed E-state index contributed by atoms with van der Waals surface area (Å²) in [5.74, 6) is -1.27. The third-order valence-corrected chi connectivity index (χ3v) is 4.14. The first-order chi connectivity index (χ1) is 12.5. The van der Waals surface area contributed by atoms with Crippen molar-refractivity contribution in [2.45, 2.75) is 19.4 Å². The number of esters is 1. The molecule has 3 rings (SSSR count). The van der Waals surface area contributed by atoms with E-state index in [1.54, 1.807) is 31.2 Å². The molecule has 8 heteroatoms. The Balaban J connectivity index is 1.75. The van der Waals surface area contributed by atoms with Gasteiger partial charge in [-0.3, -0.25) is 9.59 Å². The molecule has 0 saturated heterocycles. The van der Waals surface area contributed by atoms with E-state index in [4.69, 9.17) is 16.3 Å². The highest BCUT2D eigenvalue weighted by Crippen LogP contribution is 2.31. The van der Waals surface area contributed by atoms with Crippen molar-refractivity contribution in [2.24, 2.45) is 0 Å². The predicted octanol–water partition coefficient (Wildman–Crippen LogP) is 2.66. The topological polar surface area (TPSA) is 88.6 Å². The summed E-state index contributed by atoms with van der Waals surface area (Å²) in [6.07, 6.45) is 1.43. The van der Waals surface area contributed by atoms with Gasteiger partial charge < -0.3 is 15.0 Å². The summed E-state index contributed by atoms with van der Waals surface area (Å²) in [5.41, 5.74) is 1.31. The van der Waals surface area contributed by atoms with Crippen molar-refractivity contribution in [1.82, 2.24) is 4.98 Å². The van der Waals surface area contributed by atoms with Crippen molar-refractivity contribution in [3.8, 4) is 0 Å². The first kappa shape index (κ1) is 17.9. The summed E-state index contributed by atoms with van der Waals surface area (Å²) >= 11 is 5.68. The van der Waals surface area contributed by atoms with E-state index in [2.05, 4.69) is 10.3 Å². The van der Waals surface area contributed by atoms with Crippen LogP contribution in [-0.2, 0) is 14.3 Å². The lowest BCUT2D eigenvalue weighted by atomic mass is 10.1. The molecule has 1 atom stereocenters. The molecule has 1 aromatic heterocycles. The summed E-state index contributed by atoms with van der Waals surface area (Å²) in [7, 11) is 0. The van der Waals surface area contributed by atoms with Crippen LogP contribution in [0.15, 0.2) is 42.6 Å². The number of amides is 2. The van der Waals surface area contributed by atoms with Gasteiger partial charge in [0, 0.05) is 18.7 Å². The molecular formula is C18H16ClN3O4. The molecule has 7 nitrogen and oxygen atoms in total. The Kier molecular flexibility index (Phi) is 5.18. The van der Waals surface area contributed by atoms with Crippen LogP contribution in [0.5, 0.6) is 0 Å². The number of benzene rings is 1. The minimum absolute atomic E-state index is 0.148. The fourth-order valence-corrected chi connectivity index (χ4v) is 2.86. The van der Waals surface area contributed by atoms with Crippen molar-refractivity contribution >= 4 is 40.8 Å². The molecule has 1 aliphatic rings. The third kappa shape index (κ3) is 3.83. The second-order valence-electron chi connectivity index (χ2n) is 5.83. The Bertz CT molecular complexity index is 854. The van der Waals surface area contributed by atoms with Crippen LogP contribution >= 0.6 is 11.6 Å². The average molecular weight is 374 g/mol. The molecule has 0 spiro atoms. The number of ether oxygens (including phenoxy) is 1. The summed E-state index contributed by atoms with van der Waals surface area (Å²) in [4.78, 5) is 42.0. The maximum atomic E-state index is 12.7. The van der Waals surface area contributed by atoms with Gasteiger partial charge in [0.05, 0.1) is 16.9 Å². The van der Waals surface area contributed by atoms with E-state index in [9.17, 15) is 14.4 Å². The largest absolute Gasteiger partial charge is 0.452 e. The predicted molar refractivity (Wildman–Crippen MR) is 96.2 cm³/mol. The number of anilines is 2. The van der Waals surface area contributed by atoms with Crippen molar-refractivity contribution in [3.63, 3.8) is 0 Å². The number of carbonyl (C=O) groups excluding carboxylic acids is 3. The van der Waals surface area contributed by atoms with E-state index in [1.165, 1.54) is 23.2 Å². The second kappa shape index (κ2) is 7.53. The summed E-state index contributed by atoms with van der Waals surface area (Å²) in [5, 5.41) is 3.03. The number of hydrogen-bond acceptors (Lipinski definition) is 5. The molecule has 0 fully saturated rings. The van der Waals surface area contributed by atoms with Gasteiger partial charge in [0.25, 0.3) is 5.91 Å². The van der Waals surface area contributed by atoms with Crippen LogP contribution in [0.25, 0.3) is 0 Å². The number of fused-ring (bicyclic) bond motifs is 1. The summed E-state index contributed by atoms with van der Waals surface area (Å²) in [6, 6.07) is 9.55. The Labute approximate surface area is 154 Å². The molecule has 2 amide bonds. The van der Waals surface area contributed by atoms with E-state index in [0.29, 0.717) is 11.4 Å². The summed E-state index contributed by atoms with van der Waals surface area (Å²) < 4.78 is 5.10. The number of nitrogens with zero attached hydrogens (tertiary/aromatic N) is 2. The standard InChI is InChI=1S/C18H16ClN3O4/c1-11-8-16(23)21-13-4-2-3-5-14(13)22(11)17(24)10-26-18(25)12-6-7-15(19)20-9-12/h2-7,9,11H,8,10H2,1H3,(H,21,23)/t11-/m1/s1. The fourth-order valence-electron chi connectivity index (χ4n) is 2.74. The lowest BCUT2D eigenvalue weighted by molar-refractivity contribution is -0.122. The SMILES string of the molecule is C[C@@H]1CC(=O)Nc2ccccc2N1C(=O)COC(=O)c1ccc(Cl)nc1. The van der Waals surface area contributed by atoms with E-state index in [0.717, 1.165) is 0 Å². The zero-order chi connectivity index (χ0) is 18.7. The molecule has 0 bridgehead atoms. The minimum atomic E-state index is -0.674. The molecule has 0 radical (unpaired) electrons. The number of aromatic nitrogens is 1. The number of halogens is 1. The van der Waals surface area contributed by atoms with Gasteiger partial charge >= 0.3 is 5.97 Å². The highest BCUT2D eigenvalue weighted by atomic mass is 35.5. The van der Waals surface area contributed by atoms with E-state index in [-0.39, 0.29) is 29.1 Å². The van der Waals surface area contributed by atoms with E-state index in [1.807, 2.05) is 0 Å². The zero-order valence-electron chi connectivity index (χ0n) is 13.9. The van der Waals surface area contributed by atoms with Crippen LogP contribution in [0.4, 0.5) is 11.4 Å². The lowest BCUT2D eigenvalue weighted by Gasteiger charge is -2.27. The van der Waals surface area contributed by atoms with Crippen LogP contribution in [-0.4, -0.2) is 35.4 Å². The van der Waals surface area contributed by atoms with Crippen LogP contribution in [0.3, 0.4) is 0 Å². The van der Waals surface area contributed by atoms with Gasteiger partial charge in [-0.1, -0.05) is 23.7 Å². The monoisotopic (exact) mass is 373 g/mol. The van der Waals surface area contributed by atoms with Gasteiger partial charge in [-0.15, -0.1) is 0 Å². The molecule has 0 unspecified atom stereocenters. The van der Waals surface area contributed by atoms with Gasteiger partial charge in [0.2, 0.25) is 5.91 Å². The lowest BCUT2D eigenvalue weighted by Crippen LogP contribution is -2.41. The average Bonchev–Trinajstić information content (AvgIpc) is 2.74. The molecule has 1 aromatic carbocycles. The van der Waals surface area contributed by atoms with Crippen LogP contribution < -0.4 is 10.2 Å². The first-order valence-corrected chi connectivity index (χ1v) is 8.33. The van der Waals surface area contributed by atoms with Gasteiger partial charge in [-0.05, 0) is 31.2 Å². The fraction of sp³-hybridized carbons (Fsp3) is 0.222. The van der Waals surface area contributed by atoms with E-state index < -0.39 is 18.5 Å². The van der Waals surface area contributed by atoms with Crippen molar-refractivity contribution < 1.29 is 19.1 Å². The van der Waals surface area contributed by atoms with Crippen molar-refractivity contribution in [1.29, 1.82) is 0 Å². The van der Waals surface area contributed by atoms with Gasteiger partial charge in [0.15, 0.2) is 6.61 Å². The number of rotatable bonds is 3. The Morgan fingerprint density at radius 1 is 1.31 bits per heavy atom. The Morgan fingerprint density at radius 3 is 2.81 bits per heavy atom. The Morgan fingerprint density at radius 2 is 2.08 bits per heavy atom. The highest BCUT2D eigenvalue weighted by Gasteiger charge is 2.30. The third-order valence-electron chi connectivity index (χ3n) is 3.92. The van der Waals surface area contributed by atoms with Crippen LogP contribution in [0.1, 0.15) is 23.7 Å². The molecular weight excluding hydrogens is 358 g/mol. The van der Waals surface area contributed by atoms with Crippen LogP contribution in [0, 0.1) is 0 Å². The highest BCUT2D eigenvalue weighted by molar-refractivity contribution is 6.29. The number of pyridine rings is 1. The number of nitrogens with one attached hydrogen (secondary N) is 1. The molecule has 2 aromatic rings. The molecule has 134 valence electrons. The molecule has 0 aliphatic carbocycles. The van der Waals surface area contributed by atoms with E-state index >= 15 is 0 Å². The quantitative estimate of drug-likeness (QED) is 0.660. The maximum absolute atomic E-state index is 12.7. The Hall–Kier alpha value is -2.93. The number of hydrogen-bond donors (Lipinski definition) is 1. The summed E-state index contributed by atoms with van der Waals surface area (Å²) in [6.45, 7) is 1.32. The minimum Gasteiger partial charge on any atom is -0.452 e.